The molecule has 0 unspecified atom stereocenters. The summed E-state index contributed by atoms with van der Waals surface area (Å²) in [5, 5.41) is 7.36. The van der Waals surface area contributed by atoms with Gasteiger partial charge in [0.25, 0.3) is 0 Å². The second-order valence-corrected chi connectivity index (χ2v) is 0.999. The summed E-state index contributed by atoms with van der Waals surface area (Å²) < 4.78 is 0. The Kier molecular flexibility index (Phi) is 1.32. The van der Waals surface area contributed by atoms with Crippen molar-refractivity contribution in [2.45, 2.75) is 0 Å². The van der Waals surface area contributed by atoms with Gasteiger partial charge >= 0.3 is 30.8 Å². The predicted octanol–water partition coefficient (Wildman–Crippen LogP) is -0.167. The van der Waals surface area contributed by atoms with Crippen LogP contribution in [0.4, 0.5) is 4.79 Å². The molecule has 2 nitrogen and oxygen atoms in total. The van der Waals surface area contributed by atoms with Gasteiger partial charge in [-0.05, 0) is 0 Å². The molecule has 0 saturated heterocycles. The third-order valence-electron chi connectivity index (χ3n) is 0. The molecule has 0 aromatic rings. The van der Waals surface area contributed by atoms with Crippen molar-refractivity contribution in [2.75, 3.05) is 0 Å². The molecule has 1 N–H and O–H groups in total. The average molecular weight is 124 g/mol. The van der Waals surface area contributed by atoms with E-state index in [0.717, 1.165) is 0 Å². The molecule has 0 bridgehead atoms. The first-order valence-electron chi connectivity index (χ1n) is 0.632. The first kappa shape index (κ1) is 3.99. The molecular formula is CHO2Se. The van der Waals surface area contributed by atoms with E-state index in [9.17, 15) is 0 Å². The molecule has 0 aromatic carbocycles. The van der Waals surface area contributed by atoms with Crippen molar-refractivity contribution in [1.82, 2.24) is 0 Å². The average Bonchev–Trinajstić information content (AvgIpc) is 0.811. The van der Waals surface area contributed by atoms with Crippen LogP contribution in [0.2, 0.25) is 0 Å². The van der Waals surface area contributed by atoms with Crippen LogP contribution in [-0.2, 0) is 0 Å². The zero-order chi connectivity index (χ0) is 3.58. The van der Waals surface area contributed by atoms with Crippen molar-refractivity contribution in [2.24, 2.45) is 0 Å². The summed E-state index contributed by atoms with van der Waals surface area (Å²) in [6.45, 7) is 0. The van der Waals surface area contributed by atoms with Crippen LogP contribution in [0.5, 0.6) is 0 Å². The molecule has 0 heterocycles. The number of rotatable bonds is 0. The Labute approximate surface area is 31.6 Å². The summed E-state index contributed by atoms with van der Waals surface area (Å²) in [6, 6.07) is 0. The molecule has 3 heteroatoms. The zero-order valence-electron chi connectivity index (χ0n) is 1.76. The van der Waals surface area contributed by atoms with Crippen LogP contribution in [0.15, 0.2) is 0 Å². The SMILES string of the molecule is O=C(O)[Se]. The van der Waals surface area contributed by atoms with Gasteiger partial charge in [-0.15, -0.1) is 0 Å². The molecule has 0 spiro atoms. The molecule has 0 aliphatic carbocycles. The fourth-order valence-corrected chi connectivity index (χ4v) is 0. The van der Waals surface area contributed by atoms with Gasteiger partial charge in [0, 0.05) is 0 Å². The van der Waals surface area contributed by atoms with Crippen LogP contribution in [0, 0.1) is 0 Å². The molecular weight excluding hydrogens is 123 g/mol. The topological polar surface area (TPSA) is 37.3 Å². The second kappa shape index (κ2) is 1.32. The van der Waals surface area contributed by atoms with Crippen LogP contribution >= 0.6 is 0 Å². The van der Waals surface area contributed by atoms with Crippen molar-refractivity contribution in [3.05, 3.63) is 0 Å². The van der Waals surface area contributed by atoms with E-state index in [0.29, 0.717) is 0 Å². The Morgan fingerprint density at radius 2 is 2.00 bits per heavy atom. The zero-order valence-corrected chi connectivity index (χ0v) is 3.48. The van der Waals surface area contributed by atoms with Crippen LogP contribution in [0.1, 0.15) is 0 Å². The maximum absolute atomic E-state index is 8.94. The van der Waals surface area contributed by atoms with Gasteiger partial charge in [-0.2, -0.15) is 0 Å². The van der Waals surface area contributed by atoms with Gasteiger partial charge in [0.15, 0.2) is 0 Å². The summed E-state index contributed by atoms with van der Waals surface area (Å²) in [4.78, 5) is 7.99. The third-order valence-corrected chi connectivity index (χ3v) is 0. The van der Waals surface area contributed by atoms with Crippen molar-refractivity contribution >= 4 is 20.9 Å². The van der Waals surface area contributed by atoms with Gasteiger partial charge in [-0.1, -0.05) is 0 Å². The minimum absolute atomic E-state index is 0.958. The molecule has 0 amide bonds. The minimum atomic E-state index is -0.958. The van der Waals surface area contributed by atoms with Crippen molar-refractivity contribution < 1.29 is 9.90 Å². The monoisotopic (exact) mass is 125 g/mol. The molecule has 1 radical (unpaired) electrons. The fraction of sp³-hybridized carbons (Fsp3) is 0. The van der Waals surface area contributed by atoms with E-state index in [4.69, 9.17) is 9.90 Å². The normalized spacial score (nSPS) is 6.00. The van der Waals surface area contributed by atoms with Gasteiger partial charge in [0.2, 0.25) is 0 Å². The number of hydrogen-bond donors (Lipinski definition) is 1. The maximum atomic E-state index is 8.94. The van der Waals surface area contributed by atoms with E-state index in [1.54, 1.807) is 0 Å². The molecule has 0 aliphatic rings. The molecule has 0 aliphatic heterocycles. The molecule has 23 valence electrons. The quantitative estimate of drug-likeness (QED) is 0.455. The van der Waals surface area contributed by atoms with Crippen LogP contribution in [0.25, 0.3) is 0 Å². The van der Waals surface area contributed by atoms with Crippen LogP contribution < -0.4 is 0 Å². The summed E-state index contributed by atoms with van der Waals surface area (Å²) in [5.74, 6) is 0. The summed E-state index contributed by atoms with van der Waals surface area (Å²) in [7, 11) is 0. The third kappa shape index (κ3) is 17600. The fourth-order valence-electron chi connectivity index (χ4n) is 0. The van der Waals surface area contributed by atoms with E-state index < -0.39 is 4.87 Å². The Balaban J connectivity index is 2.80. The molecule has 0 saturated carbocycles. The van der Waals surface area contributed by atoms with Gasteiger partial charge in [0.05, 0.1) is 0 Å². The van der Waals surface area contributed by atoms with E-state index in [2.05, 4.69) is 0 Å². The van der Waals surface area contributed by atoms with Gasteiger partial charge in [0.1, 0.15) is 0 Å². The van der Waals surface area contributed by atoms with Crippen molar-refractivity contribution in [1.29, 1.82) is 0 Å². The van der Waals surface area contributed by atoms with Gasteiger partial charge < -0.3 is 0 Å². The van der Waals surface area contributed by atoms with Crippen molar-refractivity contribution in [3.8, 4) is 0 Å². The molecule has 0 fully saturated rings. The number of hydrogen-bond acceptors (Lipinski definition) is 1. The Morgan fingerprint density at radius 1 is 2.00 bits per heavy atom. The summed E-state index contributed by atoms with van der Waals surface area (Å²) in [6.07, 6.45) is 0. The number of carbonyl (C=O) groups is 1. The van der Waals surface area contributed by atoms with E-state index in [-0.39, 0.29) is 0 Å². The van der Waals surface area contributed by atoms with Gasteiger partial charge in [-0.3, -0.25) is 0 Å². The Bertz CT molecular complexity index is 29.0. The molecule has 0 rings (SSSR count). The van der Waals surface area contributed by atoms with Crippen molar-refractivity contribution in [3.63, 3.8) is 0 Å². The van der Waals surface area contributed by atoms with Crippen LogP contribution in [0.3, 0.4) is 0 Å². The van der Waals surface area contributed by atoms with E-state index in [1.807, 2.05) is 16.0 Å². The van der Waals surface area contributed by atoms with E-state index in [1.165, 1.54) is 0 Å². The first-order valence-corrected chi connectivity index (χ1v) is 1.49. The first-order chi connectivity index (χ1) is 1.73. The Hall–Kier alpha value is -0.0105. The van der Waals surface area contributed by atoms with Gasteiger partial charge in [-0.25, -0.2) is 0 Å². The standard InChI is InChI=1S/CHO2Se/c2-1(3)4/h(H,2,3). The number of carboxylic acid groups (broad SMARTS) is 1. The van der Waals surface area contributed by atoms with E-state index >= 15 is 0 Å². The summed E-state index contributed by atoms with van der Waals surface area (Å²) in [5.41, 5.74) is 0. The predicted molar refractivity (Wildman–Crippen MR) is 13.8 cm³/mol. The molecule has 0 aromatic heterocycles. The second-order valence-electron chi connectivity index (χ2n) is 0.266. The molecule has 4 heavy (non-hydrogen) atoms. The van der Waals surface area contributed by atoms with Crippen LogP contribution in [-0.4, -0.2) is 26.0 Å². The summed E-state index contributed by atoms with van der Waals surface area (Å²) >= 11 is 1.82. The Morgan fingerprint density at radius 3 is 2.00 bits per heavy atom. The molecule has 0 atom stereocenters.